The lowest BCUT2D eigenvalue weighted by Gasteiger charge is -2.27. The highest BCUT2D eigenvalue weighted by Crippen LogP contribution is 2.47. The first-order valence-electron chi connectivity index (χ1n) is 17.6. The summed E-state index contributed by atoms with van der Waals surface area (Å²) in [5, 5.41) is 7.62. The van der Waals surface area contributed by atoms with Gasteiger partial charge in [-0.3, -0.25) is 0 Å². The van der Waals surface area contributed by atoms with Crippen molar-refractivity contribution in [1.29, 1.82) is 0 Å². The van der Waals surface area contributed by atoms with Crippen LogP contribution in [0.2, 0.25) is 0 Å². The zero-order chi connectivity index (χ0) is 34.1. The summed E-state index contributed by atoms with van der Waals surface area (Å²) >= 11 is 0. The predicted molar refractivity (Wildman–Crippen MR) is 217 cm³/mol. The summed E-state index contributed by atoms with van der Waals surface area (Å²) in [7, 11) is 0. The second-order valence-corrected chi connectivity index (χ2v) is 13.5. The quantitative estimate of drug-likeness (QED) is 0.177. The number of benzene rings is 8. The van der Waals surface area contributed by atoms with E-state index in [0.29, 0.717) is 0 Å². The maximum atomic E-state index is 2.50. The molecule has 2 heterocycles. The normalized spacial score (nSPS) is 11.7. The third kappa shape index (κ3) is 4.52. The highest BCUT2D eigenvalue weighted by Gasteiger charge is 2.23. The molecule has 242 valence electrons. The van der Waals surface area contributed by atoms with Crippen LogP contribution in [0.5, 0.6) is 0 Å². The highest BCUT2D eigenvalue weighted by atomic mass is 15.2. The van der Waals surface area contributed by atoms with Crippen molar-refractivity contribution < 1.29 is 0 Å². The van der Waals surface area contributed by atoms with Gasteiger partial charge in [0.25, 0.3) is 0 Å². The van der Waals surface area contributed by atoms with E-state index < -0.39 is 0 Å². The topological polar surface area (TPSA) is 10.9 Å². The van der Waals surface area contributed by atoms with Crippen molar-refractivity contribution in [2.45, 2.75) is 13.8 Å². The summed E-state index contributed by atoms with van der Waals surface area (Å²) < 4.78 is 2.50. The van der Waals surface area contributed by atoms with Crippen LogP contribution < -0.4 is 9.80 Å². The van der Waals surface area contributed by atoms with Gasteiger partial charge in [0.15, 0.2) is 0 Å². The maximum Gasteiger partial charge on any atom is 0.0627 e. The minimum Gasteiger partial charge on any atom is -0.310 e. The van der Waals surface area contributed by atoms with Crippen molar-refractivity contribution in [1.82, 2.24) is 4.40 Å². The minimum atomic E-state index is 1.14. The SMILES string of the molecule is Cc1ccccc1N(c1ccccc1)c1ccc2cc3c4ccc(N(c5ccccc5)c5ccccc5C)cc4n4c5ccccc5c(c2c1)c34. The Bertz CT molecular complexity index is 2780. The van der Waals surface area contributed by atoms with Gasteiger partial charge in [0, 0.05) is 55.7 Å². The Hall–Kier alpha value is -6.58. The van der Waals surface area contributed by atoms with Crippen molar-refractivity contribution >= 4 is 83.0 Å². The van der Waals surface area contributed by atoms with Crippen LogP contribution in [0, 0.1) is 13.8 Å². The Balaban J connectivity index is 1.26. The van der Waals surface area contributed by atoms with Crippen LogP contribution in [0.4, 0.5) is 34.1 Å². The molecule has 0 aliphatic heterocycles. The first-order valence-corrected chi connectivity index (χ1v) is 17.6. The number of aryl methyl sites for hydroxylation is 2. The van der Waals surface area contributed by atoms with Crippen LogP contribution in [0.1, 0.15) is 11.1 Å². The molecule has 0 bridgehead atoms. The average molecular weight is 654 g/mol. The number of rotatable bonds is 6. The van der Waals surface area contributed by atoms with E-state index >= 15 is 0 Å². The number of nitrogens with zero attached hydrogens (tertiary/aromatic N) is 3. The van der Waals surface area contributed by atoms with Crippen LogP contribution in [0.15, 0.2) is 176 Å². The largest absolute Gasteiger partial charge is 0.310 e. The zero-order valence-electron chi connectivity index (χ0n) is 28.6. The molecule has 0 aliphatic rings. The second-order valence-electron chi connectivity index (χ2n) is 13.5. The summed E-state index contributed by atoms with van der Waals surface area (Å²) in [5.74, 6) is 0. The Morgan fingerprint density at radius 3 is 1.57 bits per heavy atom. The van der Waals surface area contributed by atoms with Crippen molar-refractivity contribution in [3.05, 3.63) is 187 Å². The number of hydrogen-bond acceptors (Lipinski definition) is 2. The molecule has 8 aromatic carbocycles. The lowest BCUT2D eigenvalue weighted by Crippen LogP contribution is -2.11. The average Bonchev–Trinajstić information content (AvgIpc) is 3.69. The molecular formula is C48H35N3. The van der Waals surface area contributed by atoms with Crippen LogP contribution in [0.3, 0.4) is 0 Å². The molecule has 3 heteroatoms. The van der Waals surface area contributed by atoms with E-state index in [4.69, 9.17) is 0 Å². The van der Waals surface area contributed by atoms with Gasteiger partial charge in [0.2, 0.25) is 0 Å². The van der Waals surface area contributed by atoms with E-state index in [9.17, 15) is 0 Å². The maximum absolute atomic E-state index is 2.50. The van der Waals surface area contributed by atoms with Crippen molar-refractivity contribution in [2.24, 2.45) is 0 Å². The molecule has 0 saturated heterocycles. The molecule has 3 nitrogen and oxygen atoms in total. The van der Waals surface area contributed by atoms with Crippen molar-refractivity contribution in [3.8, 4) is 0 Å². The molecule has 0 saturated carbocycles. The van der Waals surface area contributed by atoms with Gasteiger partial charge in [-0.05, 0) is 109 Å². The molecule has 10 aromatic rings. The number of para-hydroxylation sites is 5. The third-order valence-corrected chi connectivity index (χ3v) is 10.5. The summed E-state index contributed by atoms with van der Waals surface area (Å²) in [6, 6.07) is 64.0. The molecule has 0 spiro atoms. The van der Waals surface area contributed by atoms with E-state index in [1.165, 1.54) is 71.4 Å². The Kier molecular flexibility index (Phi) is 6.62. The lowest BCUT2D eigenvalue weighted by molar-refractivity contribution is 1.25. The zero-order valence-corrected chi connectivity index (χ0v) is 28.6. The number of fused-ring (bicyclic) bond motifs is 8. The lowest BCUT2D eigenvalue weighted by atomic mass is 9.99. The summed E-state index contributed by atoms with van der Waals surface area (Å²) in [6.07, 6.45) is 0. The molecule has 0 radical (unpaired) electrons. The van der Waals surface area contributed by atoms with Gasteiger partial charge < -0.3 is 14.2 Å². The summed E-state index contributed by atoms with van der Waals surface area (Å²) in [5.41, 5.74) is 13.1. The van der Waals surface area contributed by atoms with Crippen molar-refractivity contribution in [3.63, 3.8) is 0 Å². The van der Waals surface area contributed by atoms with Crippen LogP contribution in [-0.4, -0.2) is 4.40 Å². The minimum absolute atomic E-state index is 1.14. The molecule has 0 amide bonds. The molecule has 0 unspecified atom stereocenters. The van der Waals surface area contributed by atoms with Gasteiger partial charge >= 0.3 is 0 Å². The van der Waals surface area contributed by atoms with Gasteiger partial charge in [-0.25, -0.2) is 0 Å². The van der Waals surface area contributed by atoms with E-state index in [1.807, 2.05) is 0 Å². The smallest absolute Gasteiger partial charge is 0.0627 e. The molecule has 51 heavy (non-hydrogen) atoms. The second kappa shape index (κ2) is 11.5. The van der Waals surface area contributed by atoms with Gasteiger partial charge in [-0.15, -0.1) is 0 Å². The Morgan fingerprint density at radius 1 is 0.373 bits per heavy atom. The molecular weight excluding hydrogens is 619 g/mol. The Labute approximate surface area is 297 Å². The van der Waals surface area contributed by atoms with Gasteiger partial charge in [-0.2, -0.15) is 0 Å². The first-order chi connectivity index (χ1) is 25.2. The van der Waals surface area contributed by atoms with Crippen molar-refractivity contribution in [2.75, 3.05) is 9.80 Å². The third-order valence-electron chi connectivity index (χ3n) is 10.5. The first kappa shape index (κ1) is 29.3. The van der Waals surface area contributed by atoms with E-state index in [1.54, 1.807) is 0 Å². The monoisotopic (exact) mass is 653 g/mol. The molecule has 0 N–H and O–H groups in total. The van der Waals surface area contributed by atoms with E-state index in [0.717, 1.165) is 22.7 Å². The highest BCUT2D eigenvalue weighted by molar-refractivity contribution is 6.31. The van der Waals surface area contributed by atoms with Gasteiger partial charge in [0.1, 0.15) is 0 Å². The molecule has 0 fully saturated rings. The molecule has 10 rings (SSSR count). The summed E-state index contributed by atoms with van der Waals surface area (Å²) in [4.78, 5) is 4.77. The molecule has 0 atom stereocenters. The Morgan fingerprint density at radius 2 is 0.922 bits per heavy atom. The van der Waals surface area contributed by atoms with E-state index in [-0.39, 0.29) is 0 Å². The fourth-order valence-electron chi connectivity index (χ4n) is 8.18. The number of hydrogen-bond donors (Lipinski definition) is 0. The van der Waals surface area contributed by atoms with Crippen LogP contribution in [0.25, 0.3) is 48.9 Å². The molecule has 2 aromatic heterocycles. The van der Waals surface area contributed by atoms with Gasteiger partial charge in [-0.1, -0.05) is 103 Å². The fourth-order valence-corrected chi connectivity index (χ4v) is 8.18. The standard InChI is InChI=1S/C48H35N3/c1-32-15-9-12-22-43(32)49(35-17-5-3-6-18-35)37-26-25-34-29-42-39-28-27-38(50(36-19-7-4-8-20-36)44-23-13-10-16-33(44)2)31-46(39)51-45-24-14-11-21-40(45)47(48(42)51)41(34)30-37/h3-31H,1-2H3. The van der Waals surface area contributed by atoms with Crippen LogP contribution >= 0.6 is 0 Å². The summed E-state index contributed by atoms with van der Waals surface area (Å²) in [6.45, 7) is 4.38. The van der Waals surface area contributed by atoms with Gasteiger partial charge in [0.05, 0.1) is 16.6 Å². The number of aromatic nitrogens is 1. The molecule has 0 aliphatic carbocycles. The fraction of sp³-hybridized carbons (Fsp3) is 0.0417. The number of anilines is 6. The predicted octanol–water partition coefficient (Wildman–Crippen LogP) is 13.5. The van der Waals surface area contributed by atoms with Crippen LogP contribution in [-0.2, 0) is 0 Å². The van der Waals surface area contributed by atoms with E-state index in [2.05, 4.69) is 204 Å².